The van der Waals surface area contributed by atoms with E-state index in [1.165, 1.54) is 22.8 Å². The number of hydrogen-bond donors (Lipinski definition) is 0. The summed E-state index contributed by atoms with van der Waals surface area (Å²) in [6, 6.07) is 11.8. The highest BCUT2D eigenvalue weighted by Gasteiger charge is 2.26. The lowest BCUT2D eigenvalue weighted by Crippen LogP contribution is -2.37. The first kappa shape index (κ1) is 17.6. The largest absolute Gasteiger partial charge is 0.440 e. The molecule has 9 heteroatoms. The van der Waals surface area contributed by atoms with Crippen molar-refractivity contribution >= 4 is 27.9 Å². The Labute approximate surface area is 164 Å². The molecule has 9 nitrogen and oxygen atoms in total. The minimum absolute atomic E-state index is 0.0740. The van der Waals surface area contributed by atoms with Crippen LogP contribution in [-0.2, 0) is 6.67 Å². The van der Waals surface area contributed by atoms with E-state index in [0.717, 1.165) is 30.5 Å². The standard InChI is InChI=1S/C20H18N4O5/c25-20-23(16-10-14(24(26)27)7-8-18(16)29-20)12-22-9-3-4-13(11-22)19-21-15-5-1-2-6-17(15)28-19/h1-2,5-8,10,13H,3-4,9,11-12H2/t13-/m0/s1. The van der Waals surface area contributed by atoms with E-state index in [9.17, 15) is 14.9 Å². The molecule has 1 atom stereocenters. The maximum Gasteiger partial charge on any atom is 0.421 e. The fourth-order valence-corrected chi connectivity index (χ4v) is 3.95. The van der Waals surface area contributed by atoms with Crippen LogP contribution in [0.3, 0.4) is 0 Å². The van der Waals surface area contributed by atoms with Gasteiger partial charge < -0.3 is 8.83 Å². The minimum atomic E-state index is -0.524. The Bertz CT molecular complexity index is 1240. The zero-order valence-corrected chi connectivity index (χ0v) is 15.5. The van der Waals surface area contributed by atoms with Crippen LogP contribution in [0.4, 0.5) is 5.69 Å². The van der Waals surface area contributed by atoms with E-state index in [4.69, 9.17) is 8.83 Å². The van der Waals surface area contributed by atoms with Crippen molar-refractivity contribution < 1.29 is 13.8 Å². The van der Waals surface area contributed by atoms with Gasteiger partial charge in [-0.15, -0.1) is 0 Å². The molecule has 2 aromatic heterocycles. The minimum Gasteiger partial charge on any atom is -0.440 e. The predicted octanol–water partition coefficient (Wildman–Crippen LogP) is 3.48. The molecule has 0 amide bonds. The van der Waals surface area contributed by atoms with Gasteiger partial charge in [0, 0.05) is 24.6 Å². The topological polar surface area (TPSA) is 108 Å². The molecule has 3 heterocycles. The third-order valence-electron chi connectivity index (χ3n) is 5.37. The first-order chi connectivity index (χ1) is 14.1. The van der Waals surface area contributed by atoms with Crippen LogP contribution >= 0.6 is 0 Å². The molecular weight excluding hydrogens is 376 g/mol. The summed E-state index contributed by atoms with van der Waals surface area (Å²) < 4.78 is 12.6. The lowest BCUT2D eigenvalue weighted by atomic mass is 9.98. The summed E-state index contributed by atoms with van der Waals surface area (Å²) in [5, 5.41) is 11.1. The molecule has 0 spiro atoms. The summed E-state index contributed by atoms with van der Waals surface area (Å²) in [5.74, 6) is 0.305. The van der Waals surface area contributed by atoms with E-state index >= 15 is 0 Å². The van der Waals surface area contributed by atoms with Crippen molar-refractivity contribution in [2.45, 2.75) is 25.4 Å². The van der Waals surface area contributed by atoms with Crippen molar-refractivity contribution in [3.8, 4) is 0 Å². The maximum atomic E-state index is 12.3. The number of oxazole rings is 2. The van der Waals surface area contributed by atoms with Gasteiger partial charge in [-0.05, 0) is 37.6 Å². The monoisotopic (exact) mass is 394 g/mol. The molecule has 0 radical (unpaired) electrons. The number of benzene rings is 2. The van der Waals surface area contributed by atoms with Crippen LogP contribution in [0.2, 0.25) is 0 Å². The quantitative estimate of drug-likeness (QED) is 0.385. The second kappa shape index (κ2) is 6.85. The van der Waals surface area contributed by atoms with Gasteiger partial charge in [0.15, 0.2) is 17.1 Å². The molecule has 2 aromatic carbocycles. The Morgan fingerprint density at radius 1 is 1.17 bits per heavy atom. The number of rotatable bonds is 4. The molecule has 0 aliphatic carbocycles. The normalized spacial score (nSPS) is 17.9. The number of nitro benzene ring substituents is 1. The Hall–Kier alpha value is -3.46. The molecular formula is C20H18N4O5. The third-order valence-corrected chi connectivity index (χ3v) is 5.37. The van der Waals surface area contributed by atoms with Crippen LogP contribution < -0.4 is 5.76 Å². The number of aromatic nitrogens is 2. The number of para-hydroxylation sites is 2. The maximum absolute atomic E-state index is 12.3. The summed E-state index contributed by atoms with van der Waals surface area (Å²) in [6.07, 6.45) is 1.89. The number of nitro groups is 1. The van der Waals surface area contributed by atoms with E-state index in [1.807, 2.05) is 24.3 Å². The third kappa shape index (κ3) is 3.19. The number of piperidine rings is 1. The molecule has 1 aliphatic rings. The zero-order valence-electron chi connectivity index (χ0n) is 15.5. The molecule has 29 heavy (non-hydrogen) atoms. The highest BCUT2D eigenvalue weighted by atomic mass is 16.6. The fraction of sp³-hybridized carbons (Fsp3) is 0.300. The summed E-state index contributed by atoms with van der Waals surface area (Å²) in [7, 11) is 0. The molecule has 1 fully saturated rings. The number of likely N-dealkylation sites (tertiary alicyclic amines) is 1. The number of fused-ring (bicyclic) bond motifs is 2. The van der Waals surface area contributed by atoms with Gasteiger partial charge in [-0.3, -0.25) is 19.6 Å². The molecule has 4 aromatic rings. The molecule has 1 saturated heterocycles. The van der Waals surface area contributed by atoms with E-state index in [2.05, 4.69) is 9.88 Å². The second-order valence-corrected chi connectivity index (χ2v) is 7.28. The lowest BCUT2D eigenvalue weighted by Gasteiger charge is -2.31. The van der Waals surface area contributed by atoms with Gasteiger partial charge in [0.05, 0.1) is 17.1 Å². The Balaban J connectivity index is 1.41. The van der Waals surface area contributed by atoms with E-state index in [-0.39, 0.29) is 11.6 Å². The van der Waals surface area contributed by atoms with Gasteiger partial charge in [-0.2, -0.15) is 0 Å². The van der Waals surface area contributed by atoms with Crippen molar-refractivity contribution in [1.82, 2.24) is 14.5 Å². The van der Waals surface area contributed by atoms with Gasteiger partial charge in [0.25, 0.3) is 5.69 Å². The zero-order chi connectivity index (χ0) is 20.0. The first-order valence-electron chi connectivity index (χ1n) is 9.44. The average Bonchev–Trinajstić information content (AvgIpc) is 3.29. The van der Waals surface area contributed by atoms with Gasteiger partial charge in [-0.25, -0.2) is 9.78 Å². The molecule has 1 aliphatic heterocycles. The van der Waals surface area contributed by atoms with Gasteiger partial charge in [-0.1, -0.05) is 12.1 Å². The van der Waals surface area contributed by atoms with Crippen molar-refractivity contribution in [3.63, 3.8) is 0 Å². The molecule has 148 valence electrons. The van der Waals surface area contributed by atoms with Crippen LogP contribution in [0.1, 0.15) is 24.7 Å². The van der Waals surface area contributed by atoms with Crippen molar-refractivity contribution in [3.05, 3.63) is 69.0 Å². The molecule has 0 saturated carbocycles. The molecule has 0 N–H and O–H groups in total. The van der Waals surface area contributed by atoms with Crippen molar-refractivity contribution in [1.29, 1.82) is 0 Å². The Morgan fingerprint density at radius 3 is 2.86 bits per heavy atom. The molecule has 5 rings (SSSR count). The van der Waals surface area contributed by atoms with Crippen LogP contribution in [0, 0.1) is 10.1 Å². The van der Waals surface area contributed by atoms with Gasteiger partial charge in [0.2, 0.25) is 0 Å². The summed E-state index contributed by atoms with van der Waals surface area (Å²) in [6.45, 7) is 1.79. The van der Waals surface area contributed by atoms with E-state index in [1.54, 1.807) is 0 Å². The van der Waals surface area contributed by atoms with Crippen molar-refractivity contribution in [2.24, 2.45) is 0 Å². The van der Waals surface area contributed by atoms with Crippen LogP contribution in [0.25, 0.3) is 22.2 Å². The van der Waals surface area contributed by atoms with Gasteiger partial charge >= 0.3 is 5.76 Å². The van der Waals surface area contributed by atoms with E-state index in [0.29, 0.717) is 30.2 Å². The first-order valence-corrected chi connectivity index (χ1v) is 9.44. The SMILES string of the molecule is O=c1oc2ccc([N+](=O)[O-])cc2n1CN1CCC[C@H](c2nc3ccccc3o2)C1. The van der Waals surface area contributed by atoms with Crippen LogP contribution in [0.5, 0.6) is 0 Å². The number of nitrogens with zero attached hydrogens (tertiary/aromatic N) is 4. The second-order valence-electron chi connectivity index (χ2n) is 7.28. The Kier molecular flexibility index (Phi) is 4.17. The smallest absolute Gasteiger partial charge is 0.421 e. The summed E-state index contributed by atoms with van der Waals surface area (Å²) in [4.78, 5) is 29.7. The molecule has 0 bridgehead atoms. The van der Waals surface area contributed by atoms with Gasteiger partial charge in [0.1, 0.15) is 5.52 Å². The Morgan fingerprint density at radius 2 is 2.03 bits per heavy atom. The lowest BCUT2D eigenvalue weighted by molar-refractivity contribution is -0.384. The number of non-ortho nitro benzene ring substituents is 1. The van der Waals surface area contributed by atoms with E-state index < -0.39 is 10.7 Å². The van der Waals surface area contributed by atoms with Crippen molar-refractivity contribution in [2.75, 3.05) is 13.1 Å². The highest BCUT2D eigenvalue weighted by Crippen LogP contribution is 2.29. The number of hydrogen-bond acceptors (Lipinski definition) is 7. The highest BCUT2D eigenvalue weighted by molar-refractivity contribution is 5.76. The fourth-order valence-electron chi connectivity index (χ4n) is 3.95. The predicted molar refractivity (Wildman–Crippen MR) is 105 cm³/mol. The summed E-state index contributed by atoms with van der Waals surface area (Å²) >= 11 is 0. The average molecular weight is 394 g/mol. The van der Waals surface area contributed by atoms with Crippen LogP contribution in [-0.4, -0.2) is 32.5 Å². The van der Waals surface area contributed by atoms with Crippen LogP contribution in [0.15, 0.2) is 56.1 Å². The molecule has 0 unspecified atom stereocenters. The summed E-state index contributed by atoms with van der Waals surface area (Å²) in [5.41, 5.74) is 2.30.